The first-order valence-corrected chi connectivity index (χ1v) is 11.9. The molecule has 9 nitrogen and oxygen atoms in total. The highest BCUT2D eigenvalue weighted by Crippen LogP contribution is 2.19. The van der Waals surface area contributed by atoms with Gasteiger partial charge in [-0.3, -0.25) is 9.78 Å². The Labute approximate surface area is 212 Å². The molecular formula is C27H32N8O. The molecule has 0 aliphatic rings. The minimum Gasteiger partial charge on any atom is -0.383 e. The van der Waals surface area contributed by atoms with Crippen LogP contribution in [0.5, 0.6) is 0 Å². The number of carbonyl (C=O) groups excluding carboxylic acids is 1. The predicted octanol–water partition coefficient (Wildman–Crippen LogP) is 4.78. The highest BCUT2D eigenvalue weighted by atomic mass is 16.2. The van der Waals surface area contributed by atoms with Gasteiger partial charge in [0.25, 0.3) is 5.91 Å². The van der Waals surface area contributed by atoms with E-state index in [-0.39, 0.29) is 19.0 Å². The van der Waals surface area contributed by atoms with E-state index in [1.165, 1.54) is 6.20 Å². The summed E-state index contributed by atoms with van der Waals surface area (Å²) in [5.41, 5.74) is 9.34. The number of nitrogen functional groups attached to an aromatic ring is 1. The van der Waals surface area contributed by atoms with Crippen molar-refractivity contribution in [2.24, 2.45) is 0 Å². The van der Waals surface area contributed by atoms with E-state index in [4.69, 9.17) is 11.0 Å². The van der Waals surface area contributed by atoms with E-state index in [1.807, 2.05) is 40.7 Å². The lowest BCUT2D eigenvalue weighted by atomic mass is 10.1. The zero-order valence-corrected chi connectivity index (χ0v) is 21.6. The third kappa shape index (κ3) is 6.79. The van der Waals surface area contributed by atoms with Crippen molar-refractivity contribution in [2.45, 2.75) is 54.6 Å². The molecule has 186 valence electrons. The maximum Gasteiger partial charge on any atom is 0.256 e. The van der Waals surface area contributed by atoms with Crippen LogP contribution in [0.4, 0.5) is 5.82 Å². The number of amides is 1. The first kappa shape index (κ1) is 27.8. The molecular weight excluding hydrogens is 452 g/mol. The minimum absolute atomic E-state index is 0.192. The predicted molar refractivity (Wildman–Crippen MR) is 141 cm³/mol. The molecule has 0 radical (unpaired) electrons. The number of nitrogens with two attached hydrogens (primary N) is 1. The zero-order valence-electron chi connectivity index (χ0n) is 21.6. The lowest BCUT2D eigenvalue weighted by Crippen LogP contribution is -2.31. The third-order valence-corrected chi connectivity index (χ3v) is 5.00. The summed E-state index contributed by atoms with van der Waals surface area (Å²) < 4.78 is 0. The summed E-state index contributed by atoms with van der Waals surface area (Å²) in [6.07, 6.45) is 4.75. The number of nitriles is 1. The van der Waals surface area contributed by atoms with E-state index < -0.39 is 0 Å². The van der Waals surface area contributed by atoms with Crippen LogP contribution in [-0.2, 0) is 13.1 Å². The summed E-state index contributed by atoms with van der Waals surface area (Å²) in [6, 6.07) is 10.9. The topological polar surface area (TPSA) is 135 Å². The van der Waals surface area contributed by atoms with Crippen molar-refractivity contribution in [1.29, 1.82) is 5.26 Å². The Morgan fingerprint density at radius 2 is 1.69 bits per heavy atom. The van der Waals surface area contributed by atoms with Gasteiger partial charge in [0.05, 0.1) is 35.6 Å². The van der Waals surface area contributed by atoms with Crippen LogP contribution in [0.2, 0.25) is 0 Å². The number of hydrogen-bond acceptors (Lipinski definition) is 8. The van der Waals surface area contributed by atoms with Crippen molar-refractivity contribution in [3.63, 3.8) is 0 Å². The fraction of sp³-hybridized carbons (Fsp3) is 0.296. The molecule has 9 heteroatoms. The number of rotatable bonds is 5. The Hall–Kier alpha value is -4.45. The van der Waals surface area contributed by atoms with Gasteiger partial charge >= 0.3 is 0 Å². The summed E-state index contributed by atoms with van der Waals surface area (Å²) in [6.45, 7) is 12.0. The van der Waals surface area contributed by atoms with Crippen LogP contribution in [-0.4, -0.2) is 35.7 Å². The van der Waals surface area contributed by atoms with Crippen molar-refractivity contribution in [3.8, 4) is 6.07 Å². The molecule has 4 heterocycles. The van der Waals surface area contributed by atoms with E-state index >= 15 is 0 Å². The molecule has 2 N–H and O–H groups in total. The largest absolute Gasteiger partial charge is 0.383 e. The fourth-order valence-corrected chi connectivity index (χ4v) is 3.28. The number of fused-ring (bicyclic) bond motifs is 1. The van der Waals surface area contributed by atoms with E-state index in [1.54, 1.807) is 48.5 Å². The van der Waals surface area contributed by atoms with Gasteiger partial charge in [0.15, 0.2) is 5.65 Å². The molecule has 0 saturated carbocycles. The zero-order chi connectivity index (χ0) is 26.7. The van der Waals surface area contributed by atoms with Gasteiger partial charge in [0.2, 0.25) is 0 Å². The van der Waals surface area contributed by atoms with Crippen molar-refractivity contribution < 1.29 is 4.79 Å². The maximum absolute atomic E-state index is 13.5. The van der Waals surface area contributed by atoms with Gasteiger partial charge in [0.1, 0.15) is 17.7 Å². The van der Waals surface area contributed by atoms with Gasteiger partial charge < -0.3 is 10.6 Å². The Bertz CT molecular complexity index is 1350. The number of pyridine rings is 3. The van der Waals surface area contributed by atoms with E-state index in [2.05, 4.69) is 31.0 Å². The van der Waals surface area contributed by atoms with Crippen LogP contribution in [0.15, 0.2) is 48.9 Å². The number of aromatic nitrogens is 5. The van der Waals surface area contributed by atoms with Gasteiger partial charge in [-0.15, -0.1) is 0 Å². The van der Waals surface area contributed by atoms with Crippen LogP contribution < -0.4 is 5.73 Å². The lowest BCUT2D eigenvalue weighted by Gasteiger charge is -2.22. The molecule has 0 atom stereocenters. The first-order chi connectivity index (χ1) is 17.4. The van der Waals surface area contributed by atoms with E-state index in [9.17, 15) is 4.79 Å². The summed E-state index contributed by atoms with van der Waals surface area (Å²) in [5.74, 6) is 0.671. The smallest absolute Gasteiger partial charge is 0.256 e. The second-order valence-electron chi connectivity index (χ2n) is 7.33. The molecule has 4 aromatic heterocycles. The summed E-state index contributed by atoms with van der Waals surface area (Å²) >= 11 is 0. The summed E-state index contributed by atoms with van der Waals surface area (Å²) in [7, 11) is 0. The quantitative estimate of drug-likeness (QED) is 0.427. The standard InChI is InChI=1S/C23H20N8O.2C2H6/c1-14-8-17-9-18(11-28-22(17)30-21(14)25)23(32)31(13-20-26-6-3-7-27-20)12-19-5-4-16(10-24)15(2)29-19;2*1-2/h3-9,11H,12-13H2,1-2H3,(H2,25,28,30);2*1-2H3. The monoisotopic (exact) mass is 484 g/mol. The SMILES string of the molecule is CC.CC.Cc1cc2cc(C(=O)N(Cc3ccc(C#N)c(C)n3)Cc3ncccn3)cnc2nc1N. The number of carbonyl (C=O) groups is 1. The molecule has 0 aliphatic carbocycles. The maximum atomic E-state index is 13.5. The Morgan fingerprint density at radius 3 is 2.33 bits per heavy atom. The normalized spacial score (nSPS) is 9.81. The Balaban J connectivity index is 0.00000109. The average Bonchev–Trinajstić information content (AvgIpc) is 2.91. The second-order valence-corrected chi connectivity index (χ2v) is 7.33. The molecule has 36 heavy (non-hydrogen) atoms. The number of aryl methyl sites for hydroxylation is 2. The number of anilines is 1. The molecule has 0 saturated heterocycles. The van der Waals surface area contributed by atoms with Crippen molar-refractivity contribution in [1.82, 2.24) is 29.8 Å². The van der Waals surface area contributed by atoms with Gasteiger partial charge in [-0.2, -0.15) is 5.26 Å². The molecule has 0 spiro atoms. The average molecular weight is 485 g/mol. The van der Waals surface area contributed by atoms with Crippen LogP contribution >= 0.6 is 0 Å². The van der Waals surface area contributed by atoms with Crippen LogP contribution in [0.25, 0.3) is 11.0 Å². The molecule has 0 fully saturated rings. The van der Waals surface area contributed by atoms with Crippen molar-refractivity contribution in [3.05, 3.63) is 82.8 Å². The van der Waals surface area contributed by atoms with Gasteiger partial charge in [0, 0.05) is 24.0 Å². The number of nitrogens with zero attached hydrogens (tertiary/aromatic N) is 7. The van der Waals surface area contributed by atoms with Crippen LogP contribution in [0.1, 0.15) is 66.4 Å². The molecule has 0 bridgehead atoms. The first-order valence-electron chi connectivity index (χ1n) is 11.9. The minimum atomic E-state index is -0.245. The lowest BCUT2D eigenvalue weighted by molar-refractivity contribution is 0.0723. The van der Waals surface area contributed by atoms with E-state index in [0.717, 1.165) is 10.9 Å². The van der Waals surface area contributed by atoms with Gasteiger partial charge in [-0.1, -0.05) is 27.7 Å². The van der Waals surface area contributed by atoms with E-state index in [0.29, 0.717) is 39.8 Å². The fourth-order valence-electron chi connectivity index (χ4n) is 3.28. The highest BCUT2D eigenvalue weighted by Gasteiger charge is 2.20. The second kappa shape index (κ2) is 13.4. The Morgan fingerprint density at radius 1 is 1.00 bits per heavy atom. The third-order valence-electron chi connectivity index (χ3n) is 5.00. The molecule has 0 aromatic carbocycles. The Kier molecular flexibility index (Phi) is 10.4. The van der Waals surface area contributed by atoms with Gasteiger partial charge in [-0.05, 0) is 49.7 Å². The summed E-state index contributed by atoms with van der Waals surface area (Å²) in [5, 5.41) is 9.88. The highest BCUT2D eigenvalue weighted by molar-refractivity contribution is 5.97. The van der Waals surface area contributed by atoms with Crippen LogP contribution in [0, 0.1) is 25.2 Å². The molecule has 0 unspecified atom stereocenters. The van der Waals surface area contributed by atoms with Crippen molar-refractivity contribution >= 4 is 22.8 Å². The van der Waals surface area contributed by atoms with Gasteiger partial charge in [-0.25, -0.2) is 19.9 Å². The molecule has 4 rings (SSSR count). The van der Waals surface area contributed by atoms with Crippen LogP contribution in [0.3, 0.4) is 0 Å². The number of hydrogen-bond donors (Lipinski definition) is 1. The molecule has 4 aromatic rings. The molecule has 0 aliphatic heterocycles. The molecule has 1 amide bonds. The summed E-state index contributed by atoms with van der Waals surface area (Å²) in [4.78, 5) is 36.6. The van der Waals surface area contributed by atoms with Crippen molar-refractivity contribution in [2.75, 3.05) is 5.73 Å².